The lowest BCUT2D eigenvalue weighted by molar-refractivity contribution is -0.142. The molecule has 0 saturated heterocycles. The monoisotopic (exact) mass is 463 g/mol. The number of ether oxygens (including phenoxy) is 1. The number of thiazole rings is 1. The van der Waals surface area contributed by atoms with Gasteiger partial charge in [0.05, 0.1) is 11.4 Å². The minimum atomic E-state index is -4.63. The van der Waals surface area contributed by atoms with E-state index in [0.717, 1.165) is 22.1 Å². The van der Waals surface area contributed by atoms with Crippen molar-refractivity contribution in [1.82, 2.24) is 14.8 Å². The molecule has 0 radical (unpaired) electrons. The number of esters is 1. The Bertz CT molecular complexity index is 1250. The van der Waals surface area contributed by atoms with Gasteiger partial charge < -0.3 is 4.74 Å². The lowest BCUT2D eigenvalue weighted by Gasteiger charge is -2.07. The smallest absolute Gasteiger partial charge is 0.427 e. The van der Waals surface area contributed by atoms with Crippen molar-refractivity contribution in [2.45, 2.75) is 13.1 Å². The molecule has 0 aliphatic rings. The first-order valence-electron chi connectivity index (χ1n) is 8.88. The van der Waals surface area contributed by atoms with E-state index in [-0.39, 0.29) is 10.8 Å². The number of rotatable bonds is 4. The van der Waals surface area contributed by atoms with Crippen LogP contribution in [0.5, 0.6) is 5.75 Å². The van der Waals surface area contributed by atoms with Crippen molar-refractivity contribution in [2.75, 3.05) is 0 Å². The molecule has 2 aromatic heterocycles. The van der Waals surface area contributed by atoms with Crippen LogP contribution in [0.2, 0.25) is 5.02 Å². The van der Waals surface area contributed by atoms with Crippen molar-refractivity contribution in [3.63, 3.8) is 0 Å². The van der Waals surface area contributed by atoms with Crippen LogP contribution in [0.1, 0.15) is 12.6 Å². The number of benzene rings is 2. The second kappa shape index (κ2) is 8.16. The summed E-state index contributed by atoms with van der Waals surface area (Å²) < 4.78 is 46.9. The van der Waals surface area contributed by atoms with Gasteiger partial charge in [-0.25, -0.2) is 9.67 Å². The van der Waals surface area contributed by atoms with Crippen molar-refractivity contribution in [3.05, 3.63) is 70.7 Å². The maximum atomic E-state index is 13.7. The molecule has 10 heteroatoms. The zero-order valence-corrected chi connectivity index (χ0v) is 17.4. The van der Waals surface area contributed by atoms with E-state index in [1.807, 2.05) is 0 Å². The molecule has 0 aliphatic carbocycles. The molecule has 0 aliphatic heterocycles. The molecule has 158 valence electrons. The maximum absolute atomic E-state index is 13.7. The standard InChI is InChI=1S/C21H13ClF3N3O2S/c1-12(29)30-16-4-2-3-14(9-16)18-11-31-20(26-18)28-19(21(23,24)25)10-17(27-28)13-5-7-15(22)8-6-13/h2-11H,1H3. The lowest BCUT2D eigenvalue weighted by atomic mass is 10.1. The molecular formula is C21H13ClF3N3O2S. The average molecular weight is 464 g/mol. The van der Waals surface area contributed by atoms with Crippen LogP contribution in [0.4, 0.5) is 13.2 Å². The third kappa shape index (κ3) is 4.62. The van der Waals surface area contributed by atoms with Gasteiger partial charge in [-0.15, -0.1) is 11.3 Å². The molecule has 2 heterocycles. The first-order chi connectivity index (χ1) is 14.7. The summed E-state index contributed by atoms with van der Waals surface area (Å²) in [4.78, 5) is 15.5. The Hall–Kier alpha value is -3.17. The summed E-state index contributed by atoms with van der Waals surface area (Å²) in [7, 11) is 0. The summed E-state index contributed by atoms with van der Waals surface area (Å²) in [6.45, 7) is 1.28. The van der Waals surface area contributed by atoms with Gasteiger partial charge in [-0.3, -0.25) is 4.79 Å². The average Bonchev–Trinajstić information content (AvgIpc) is 3.35. The minimum Gasteiger partial charge on any atom is -0.427 e. The lowest BCUT2D eigenvalue weighted by Crippen LogP contribution is -2.13. The van der Waals surface area contributed by atoms with Crippen LogP contribution < -0.4 is 4.74 Å². The Balaban J connectivity index is 1.74. The minimum absolute atomic E-state index is 0.0560. The van der Waals surface area contributed by atoms with Gasteiger partial charge in [0.1, 0.15) is 5.75 Å². The molecule has 0 amide bonds. The zero-order valence-electron chi connectivity index (χ0n) is 15.9. The number of aromatic nitrogens is 3. The molecule has 31 heavy (non-hydrogen) atoms. The Morgan fingerprint density at radius 3 is 2.48 bits per heavy atom. The molecule has 4 aromatic rings. The van der Waals surface area contributed by atoms with Gasteiger partial charge in [0, 0.05) is 28.5 Å². The van der Waals surface area contributed by atoms with Crippen molar-refractivity contribution in [2.24, 2.45) is 0 Å². The van der Waals surface area contributed by atoms with Crippen LogP contribution >= 0.6 is 22.9 Å². The predicted octanol–water partition coefficient (Wildman–Crippen LogP) is 6.26. The van der Waals surface area contributed by atoms with E-state index < -0.39 is 17.8 Å². The van der Waals surface area contributed by atoms with Gasteiger partial charge in [0.2, 0.25) is 5.13 Å². The third-order valence-corrected chi connectivity index (χ3v) is 5.27. The second-order valence-electron chi connectivity index (χ2n) is 6.47. The van der Waals surface area contributed by atoms with Crippen molar-refractivity contribution in [1.29, 1.82) is 0 Å². The van der Waals surface area contributed by atoms with E-state index in [1.54, 1.807) is 53.9 Å². The van der Waals surface area contributed by atoms with Crippen LogP contribution in [0.25, 0.3) is 27.6 Å². The number of halogens is 4. The van der Waals surface area contributed by atoms with Crippen molar-refractivity contribution < 1.29 is 22.7 Å². The largest absolute Gasteiger partial charge is 0.433 e. The van der Waals surface area contributed by atoms with E-state index in [0.29, 0.717) is 27.6 Å². The number of hydrogen-bond donors (Lipinski definition) is 0. The van der Waals surface area contributed by atoms with Gasteiger partial charge in [0.25, 0.3) is 0 Å². The Morgan fingerprint density at radius 1 is 1.06 bits per heavy atom. The predicted molar refractivity (Wildman–Crippen MR) is 111 cm³/mol. The molecule has 0 bridgehead atoms. The molecule has 4 rings (SSSR count). The SMILES string of the molecule is CC(=O)Oc1cccc(-c2csc(-n3nc(-c4ccc(Cl)cc4)cc3C(F)(F)F)n2)c1. The van der Waals surface area contributed by atoms with Gasteiger partial charge in [-0.05, 0) is 30.3 Å². The number of alkyl halides is 3. The Labute approximate surface area is 183 Å². The summed E-state index contributed by atoms with van der Waals surface area (Å²) in [5, 5.41) is 6.29. The topological polar surface area (TPSA) is 57.0 Å². The molecular weight excluding hydrogens is 451 g/mol. The molecule has 0 saturated carbocycles. The van der Waals surface area contributed by atoms with Gasteiger partial charge in [-0.2, -0.15) is 18.3 Å². The molecule has 0 atom stereocenters. The third-order valence-electron chi connectivity index (χ3n) is 4.20. The molecule has 0 N–H and O–H groups in total. The Morgan fingerprint density at radius 2 is 1.81 bits per heavy atom. The quantitative estimate of drug-likeness (QED) is 0.265. The fourth-order valence-corrected chi connectivity index (χ4v) is 3.79. The highest BCUT2D eigenvalue weighted by Gasteiger charge is 2.37. The normalized spacial score (nSPS) is 11.5. The molecule has 0 unspecified atom stereocenters. The zero-order chi connectivity index (χ0) is 22.2. The first kappa shape index (κ1) is 21.1. The molecule has 5 nitrogen and oxygen atoms in total. The summed E-state index contributed by atoms with van der Waals surface area (Å²) in [5.74, 6) is -0.156. The second-order valence-corrected chi connectivity index (χ2v) is 7.74. The highest BCUT2D eigenvalue weighted by Crippen LogP contribution is 2.36. The van der Waals surface area contributed by atoms with Crippen LogP contribution in [0.15, 0.2) is 60.0 Å². The van der Waals surface area contributed by atoms with Crippen LogP contribution in [0.3, 0.4) is 0 Å². The van der Waals surface area contributed by atoms with Crippen molar-refractivity contribution in [3.8, 4) is 33.4 Å². The van der Waals surface area contributed by atoms with E-state index in [9.17, 15) is 18.0 Å². The van der Waals surface area contributed by atoms with E-state index in [4.69, 9.17) is 16.3 Å². The Kier molecular flexibility index (Phi) is 5.55. The van der Waals surface area contributed by atoms with Crippen LogP contribution in [-0.4, -0.2) is 20.7 Å². The van der Waals surface area contributed by atoms with E-state index in [1.165, 1.54) is 6.92 Å². The van der Waals surface area contributed by atoms with Gasteiger partial charge in [0.15, 0.2) is 5.69 Å². The fourth-order valence-electron chi connectivity index (χ4n) is 2.87. The van der Waals surface area contributed by atoms with Crippen LogP contribution in [0, 0.1) is 0 Å². The van der Waals surface area contributed by atoms with Gasteiger partial charge >= 0.3 is 12.1 Å². The summed E-state index contributed by atoms with van der Waals surface area (Å²) >= 11 is 6.88. The molecule has 0 fully saturated rings. The first-order valence-corrected chi connectivity index (χ1v) is 10.1. The van der Waals surface area contributed by atoms with Crippen LogP contribution in [-0.2, 0) is 11.0 Å². The van der Waals surface area contributed by atoms with E-state index in [2.05, 4.69) is 10.1 Å². The highest BCUT2D eigenvalue weighted by atomic mass is 35.5. The summed E-state index contributed by atoms with van der Waals surface area (Å²) in [5.41, 5.74) is 0.745. The number of nitrogens with zero attached hydrogens (tertiary/aromatic N) is 3. The summed E-state index contributed by atoms with van der Waals surface area (Å²) in [6, 6.07) is 13.9. The van der Waals surface area contributed by atoms with Gasteiger partial charge in [-0.1, -0.05) is 35.9 Å². The number of hydrogen-bond acceptors (Lipinski definition) is 5. The fraction of sp³-hybridized carbons (Fsp3) is 0.0952. The summed E-state index contributed by atoms with van der Waals surface area (Å²) in [6.07, 6.45) is -4.63. The maximum Gasteiger partial charge on any atom is 0.433 e. The van der Waals surface area contributed by atoms with E-state index >= 15 is 0 Å². The molecule has 0 spiro atoms. The highest BCUT2D eigenvalue weighted by molar-refractivity contribution is 7.12. The number of carbonyl (C=O) groups is 1. The van der Waals surface area contributed by atoms with Crippen molar-refractivity contribution >= 4 is 28.9 Å². The molecule has 2 aromatic carbocycles. The number of carbonyl (C=O) groups excluding carboxylic acids is 1.